The molecule has 138 valence electrons. The van der Waals surface area contributed by atoms with E-state index in [9.17, 15) is 13.2 Å². The average Bonchev–Trinajstić information content (AvgIpc) is 3.08. The van der Waals surface area contributed by atoms with Crippen molar-refractivity contribution >= 4 is 21.6 Å². The molecule has 1 aliphatic carbocycles. The number of anilines is 1. The molecule has 25 heavy (non-hydrogen) atoms. The van der Waals surface area contributed by atoms with Gasteiger partial charge in [0.05, 0.1) is 11.7 Å². The maximum atomic E-state index is 12.6. The molecule has 0 saturated carbocycles. The summed E-state index contributed by atoms with van der Waals surface area (Å²) in [5.74, 6) is -0.144. The molecule has 1 aliphatic heterocycles. The minimum Gasteiger partial charge on any atom is -0.326 e. The SMILES string of the molecule is CCCCS(=O)(=O)N1CCC[C@@H](C(=O)Nc2ccc3c(c2)CCC3)C1. The number of amides is 1. The topological polar surface area (TPSA) is 66.5 Å². The normalized spacial score (nSPS) is 21.1. The molecule has 0 radical (unpaired) electrons. The smallest absolute Gasteiger partial charge is 0.228 e. The molecule has 2 aliphatic rings. The molecule has 1 saturated heterocycles. The van der Waals surface area contributed by atoms with E-state index in [4.69, 9.17) is 0 Å². The molecule has 1 fully saturated rings. The van der Waals surface area contributed by atoms with Crippen molar-refractivity contribution in [3.05, 3.63) is 29.3 Å². The summed E-state index contributed by atoms with van der Waals surface area (Å²) in [6.07, 6.45) is 6.40. The van der Waals surface area contributed by atoms with Gasteiger partial charge in [-0.3, -0.25) is 4.79 Å². The van der Waals surface area contributed by atoms with E-state index in [-0.39, 0.29) is 17.6 Å². The van der Waals surface area contributed by atoms with Crippen LogP contribution in [0.4, 0.5) is 5.69 Å². The van der Waals surface area contributed by atoms with Crippen molar-refractivity contribution < 1.29 is 13.2 Å². The minimum atomic E-state index is -3.24. The summed E-state index contributed by atoms with van der Waals surface area (Å²) in [7, 11) is -3.24. The number of piperidine rings is 1. The molecule has 0 aromatic heterocycles. The fraction of sp³-hybridized carbons (Fsp3) is 0.632. The number of benzene rings is 1. The van der Waals surface area contributed by atoms with E-state index in [1.165, 1.54) is 21.9 Å². The zero-order valence-corrected chi connectivity index (χ0v) is 15.8. The Kier molecular flexibility index (Phi) is 5.79. The lowest BCUT2D eigenvalue weighted by Gasteiger charge is -2.31. The molecule has 5 nitrogen and oxygen atoms in total. The van der Waals surface area contributed by atoms with Gasteiger partial charge >= 0.3 is 0 Å². The zero-order chi connectivity index (χ0) is 17.9. The van der Waals surface area contributed by atoms with Crippen LogP contribution in [-0.4, -0.2) is 37.5 Å². The van der Waals surface area contributed by atoms with Crippen molar-refractivity contribution in [2.24, 2.45) is 5.92 Å². The Hall–Kier alpha value is -1.40. The standard InChI is InChI=1S/C19H28N2O3S/c1-2-3-12-25(23,24)21-11-5-8-17(14-21)19(22)20-18-10-9-15-6-4-7-16(15)13-18/h9-10,13,17H,2-8,11-12,14H2,1H3,(H,20,22)/t17-/m1/s1. The van der Waals surface area contributed by atoms with Crippen LogP contribution in [0.3, 0.4) is 0 Å². The van der Waals surface area contributed by atoms with Crippen molar-refractivity contribution in [2.75, 3.05) is 24.2 Å². The van der Waals surface area contributed by atoms with Crippen LogP contribution in [-0.2, 0) is 27.7 Å². The maximum Gasteiger partial charge on any atom is 0.228 e. The third-order valence-electron chi connectivity index (χ3n) is 5.27. The van der Waals surface area contributed by atoms with Gasteiger partial charge in [-0.25, -0.2) is 12.7 Å². The first kappa shape index (κ1) is 18.4. The number of hydrogen-bond acceptors (Lipinski definition) is 3. The number of aryl methyl sites for hydroxylation is 2. The number of nitrogens with zero attached hydrogens (tertiary/aromatic N) is 1. The first-order valence-corrected chi connectivity index (χ1v) is 11.0. The predicted octanol–water partition coefficient (Wildman–Crippen LogP) is 2.96. The number of carbonyl (C=O) groups excluding carboxylic acids is 1. The number of fused-ring (bicyclic) bond motifs is 1. The Morgan fingerprint density at radius 3 is 2.84 bits per heavy atom. The second-order valence-electron chi connectivity index (χ2n) is 7.19. The summed E-state index contributed by atoms with van der Waals surface area (Å²) in [6, 6.07) is 6.12. The second kappa shape index (κ2) is 7.87. The van der Waals surface area contributed by atoms with Crippen molar-refractivity contribution in [1.82, 2.24) is 4.31 Å². The van der Waals surface area contributed by atoms with Crippen LogP contribution < -0.4 is 5.32 Å². The van der Waals surface area contributed by atoms with E-state index in [1.807, 2.05) is 13.0 Å². The molecule has 1 N–H and O–H groups in total. The zero-order valence-electron chi connectivity index (χ0n) is 15.0. The highest BCUT2D eigenvalue weighted by Crippen LogP contribution is 2.26. The predicted molar refractivity (Wildman–Crippen MR) is 100 cm³/mol. The molecule has 1 heterocycles. The van der Waals surface area contributed by atoms with Gasteiger partial charge in [-0.15, -0.1) is 0 Å². The van der Waals surface area contributed by atoms with E-state index < -0.39 is 10.0 Å². The van der Waals surface area contributed by atoms with Gasteiger partial charge in [0.25, 0.3) is 0 Å². The van der Waals surface area contributed by atoms with E-state index >= 15 is 0 Å². The first-order chi connectivity index (χ1) is 12.0. The van der Waals surface area contributed by atoms with Gasteiger partial charge in [0.1, 0.15) is 0 Å². The quantitative estimate of drug-likeness (QED) is 0.844. The third kappa shape index (κ3) is 4.42. The second-order valence-corrected chi connectivity index (χ2v) is 9.28. The Bertz CT molecular complexity index is 730. The third-order valence-corrected chi connectivity index (χ3v) is 7.19. The summed E-state index contributed by atoms with van der Waals surface area (Å²) < 4.78 is 26.3. The minimum absolute atomic E-state index is 0.0617. The van der Waals surface area contributed by atoms with Gasteiger partial charge in [0.2, 0.25) is 15.9 Å². The van der Waals surface area contributed by atoms with Gasteiger partial charge in [-0.05, 0) is 61.8 Å². The monoisotopic (exact) mass is 364 g/mol. The molecule has 1 aromatic rings. The van der Waals surface area contributed by atoms with Crippen molar-refractivity contribution in [2.45, 2.75) is 51.9 Å². The van der Waals surface area contributed by atoms with Crippen LogP contribution >= 0.6 is 0 Å². The summed E-state index contributed by atoms with van der Waals surface area (Å²) in [6.45, 7) is 2.83. The highest BCUT2D eigenvalue weighted by molar-refractivity contribution is 7.89. The lowest BCUT2D eigenvalue weighted by atomic mass is 9.98. The van der Waals surface area contributed by atoms with E-state index in [0.29, 0.717) is 19.5 Å². The van der Waals surface area contributed by atoms with Crippen LogP contribution in [0.25, 0.3) is 0 Å². The van der Waals surface area contributed by atoms with E-state index in [2.05, 4.69) is 17.4 Å². The van der Waals surface area contributed by atoms with Crippen molar-refractivity contribution in [3.63, 3.8) is 0 Å². The number of hydrogen-bond donors (Lipinski definition) is 1. The number of nitrogens with one attached hydrogen (secondary N) is 1. The summed E-state index contributed by atoms with van der Waals surface area (Å²) in [5.41, 5.74) is 3.53. The summed E-state index contributed by atoms with van der Waals surface area (Å²) in [5, 5.41) is 3.00. The van der Waals surface area contributed by atoms with E-state index in [1.54, 1.807) is 0 Å². The lowest BCUT2D eigenvalue weighted by molar-refractivity contribution is -0.120. The van der Waals surface area contributed by atoms with Crippen LogP contribution in [0.15, 0.2) is 18.2 Å². The fourth-order valence-corrected chi connectivity index (χ4v) is 5.48. The molecule has 1 atom stereocenters. The Balaban J connectivity index is 1.62. The fourth-order valence-electron chi connectivity index (χ4n) is 3.76. The molecule has 0 unspecified atom stereocenters. The van der Waals surface area contributed by atoms with E-state index in [0.717, 1.165) is 37.8 Å². The van der Waals surface area contributed by atoms with Gasteiger partial charge in [0.15, 0.2) is 0 Å². The van der Waals surface area contributed by atoms with Crippen molar-refractivity contribution in [3.8, 4) is 0 Å². The number of carbonyl (C=O) groups is 1. The number of rotatable bonds is 6. The van der Waals surface area contributed by atoms with Gasteiger partial charge in [0, 0.05) is 18.8 Å². The van der Waals surface area contributed by atoms with Crippen molar-refractivity contribution in [1.29, 1.82) is 0 Å². The molecular weight excluding hydrogens is 336 g/mol. The number of sulfonamides is 1. The van der Waals surface area contributed by atoms with Crippen LogP contribution in [0.2, 0.25) is 0 Å². The molecule has 6 heteroatoms. The molecular formula is C19H28N2O3S. The molecule has 1 aromatic carbocycles. The van der Waals surface area contributed by atoms with Gasteiger partial charge in [-0.1, -0.05) is 19.4 Å². The molecule has 0 spiro atoms. The highest BCUT2D eigenvalue weighted by atomic mass is 32.2. The van der Waals surface area contributed by atoms with Crippen LogP contribution in [0.5, 0.6) is 0 Å². The molecule has 1 amide bonds. The molecule has 0 bridgehead atoms. The van der Waals surface area contributed by atoms with Gasteiger partial charge in [-0.2, -0.15) is 0 Å². The average molecular weight is 365 g/mol. The first-order valence-electron chi connectivity index (χ1n) is 9.40. The number of unbranched alkanes of at least 4 members (excludes halogenated alkanes) is 1. The Morgan fingerprint density at radius 2 is 2.04 bits per heavy atom. The van der Waals surface area contributed by atoms with Gasteiger partial charge < -0.3 is 5.32 Å². The largest absolute Gasteiger partial charge is 0.326 e. The summed E-state index contributed by atoms with van der Waals surface area (Å²) >= 11 is 0. The Morgan fingerprint density at radius 1 is 1.24 bits per heavy atom. The summed E-state index contributed by atoms with van der Waals surface area (Å²) in [4.78, 5) is 12.6. The lowest BCUT2D eigenvalue weighted by Crippen LogP contribution is -2.44. The maximum absolute atomic E-state index is 12.6. The van der Waals surface area contributed by atoms with Crippen LogP contribution in [0, 0.1) is 5.92 Å². The Labute approximate surface area is 150 Å². The highest BCUT2D eigenvalue weighted by Gasteiger charge is 2.32. The van der Waals surface area contributed by atoms with Crippen LogP contribution in [0.1, 0.15) is 50.2 Å². The molecule has 3 rings (SSSR count).